The predicted octanol–water partition coefficient (Wildman–Crippen LogP) is 1.87. The van der Waals surface area contributed by atoms with Gasteiger partial charge in [0.05, 0.1) is 17.6 Å². The van der Waals surface area contributed by atoms with Crippen molar-refractivity contribution >= 4 is 12.4 Å². The minimum Gasteiger partial charge on any atom is -0.309 e. The van der Waals surface area contributed by atoms with E-state index in [1.54, 1.807) is 4.80 Å². The summed E-state index contributed by atoms with van der Waals surface area (Å²) in [7, 11) is 0. The number of hydrogen-bond donors (Lipinski definition) is 1. The van der Waals surface area contributed by atoms with Crippen molar-refractivity contribution in [2.75, 3.05) is 13.1 Å². The zero-order valence-corrected chi connectivity index (χ0v) is 13.3. The van der Waals surface area contributed by atoms with Gasteiger partial charge in [0.2, 0.25) is 0 Å². The van der Waals surface area contributed by atoms with E-state index in [1.165, 1.54) is 0 Å². The summed E-state index contributed by atoms with van der Waals surface area (Å²) in [5.74, 6) is 0. The summed E-state index contributed by atoms with van der Waals surface area (Å²) in [6, 6.07) is 11.1. The molecule has 1 fully saturated rings. The number of piperazine rings is 1. The van der Waals surface area contributed by atoms with Gasteiger partial charge in [-0.15, -0.1) is 12.4 Å². The van der Waals surface area contributed by atoms with Crippen LogP contribution in [0.2, 0.25) is 0 Å². The fourth-order valence-corrected chi connectivity index (χ4v) is 2.85. The van der Waals surface area contributed by atoms with Gasteiger partial charge in [-0.3, -0.25) is 4.90 Å². The van der Waals surface area contributed by atoms with Crippen LogP contribution in [0, 0.1) is 0 Å². The minimum absolute atomic E-state index is 0. The number of rotatable bonds is 3. The van der Waals surface area contributed by atoms with Gasteiger partial charge in [0.15, 0.2) is 0 Å². The lowest BCUT2D eigenvalue weighted by atomic mass is 10.1. The summed E-state index contributed by atoms with van der Waals surface area (Å²) in [6.07, 6.45) is 1.87. The molecule has 0 spiro atoms. The highest BCUT2D eigenvalue weighted by molar-refractivity contribution is 5.85. The molecule has 5 nitrogen and oxygen atoms in total. The lowest BCUT2D eigenvalue weighted by molar-refractivity contribution is 0.165. The third kappa shape index (κ3) is 4.03. The maximum Gasteiger partial charge on any atom is 0.0971 e. The lowest BCUT2D eigenvalue weighted by Gasteiger charge is -2.35. The molecule has 114 valence electrons. The molecule has 6 heteroatoms. The largest absolute Gasteiger partial charge is 0.309 e. The van der Waals surface area contributed by atoms with Gasteiger partial charge in [0.1, 0.15) is 0 Å². The summed E-state index contributed by atoms with van der Waals surface area (Å²) in [5.41, 5.74) is 2.02. The van der Waals surface area contributed by atoms with E-state index in [1.807, 2.05) is 36.5 Å². The molecule has 2 unspecified atom stereocenters. The maximum absolute atomic E-state index is 4.57. The third-order valence-electron chi connectivity index (χ3n) is 3.55. The van der Waals surface area contributed by atoms with Crippen LogP contribution >= 0.6 is 12.4 Å². The summed E-state index contributed by atoms with van der Waals surface area (Å²) >= 11 is 0. The molecule has 0 radical (unpaired) electrons. The number of nitrogens with one attached hydrogen (secondary N) is 1. The fourth-order valence-electron chi connectivity index (χ4n) is 2.85. The second kappa shape index (κ2) is 7.02. The van der Waals surface area contributed by atoms with E-state index in [9.17, 15) is 0 Å². The number of aromatic nitrogens is 3. The van der Waals surface area contributed by atoms with Crippen LogP contribution in [0.4, 0.5) is 0 Å². The van der Waals surface area contributed by atoms with Gasteiger partial charge in [-0.1, -0.05) is 18.2 Å². The highest BCUT2D eigenvalue weighted by Crippen LogP contribution is 2.09. The van der Waals surface area contributed by atoms with Crippen LogP contribution in [-0.4, -0.2) is 45.1 Å². The van der Waals surface area contributed by atoms with Gasteiger partial charge in [-0.2, -0.15) is 15.0 Å². The Morgan fingerprint density at radius 1 is 1.14 bits per heavy atom. The molecule has 0 saturated carbocycles. The Balaban J connectivity index is 0.00000161. The first-order valence-electron chi connectivity index (χ1n) is 7.16. The Morgan fingerprint density at radius 3 is 2.48 bits per heavy atom. The molecule has 1 aromatic heterocycles. The van der Waals surface area contributed by atoms with Crippen LogP contribution in [0.15, 0.2) is 36.5 Å². The van der Waals surface area contributed by atoms with Crippen LogP contribution in [0.1, 0.15) is 19.5 Å². The monoisotopic (exact) mass is 307 g/mol. The number of nitrogens with zero attached hydrogens (tertiary/aromatic N) is 4. The second-order valence-electron chi connectivity index (χ2n) is 5.62. The van der Waals surface area contributed by atoms with Crippen molar-refractivity contribution in [2.24, 2.45) is 0 Å². The molecule has 2 aromatic rings. The van der Waals surface area contributed by atoms with E-state index in [2.05, 4.69) is 34.3 Å². The molecular weight excluding hydrogens is 286 g/mol. The lowest BCUT2D eigenvalue weighted by Crippen LogP contribution is -2.53. The van der Waals surface area contributed by atoms with E-state index in [0.29, 0.717) is 12.1 Å². The molecule has 21 heavy (non-hydrogen) atoms. The van der Waals surface area contributed by atoms with Gasteiger partial charge in [0.25, 0.3) is 0 Å². The highest BCUT2D eigenvalue weighted by Gasteiger charge is 2.21. The van der Waals surface area contributed by atoms with E-state index >= 15 is 0 Å². The Bertz CT molecular complexity index is 546. The van der Waals surface area contributed by atoms with Crippen molar-refractivity contribution in [3.8, 4) is 5.69 Å². The van der Waals surface area contributed by atoms with E-state index in [4.69, 9.17) is 0 Å². The molecule has 1 aliphatic heterocycles. The van der Waals surface area contributed by atoms with Crippen LogP contribution in [0.5, 0.6) is 0 Å². The van der Waals surface area contributed by atoms with Crippen molar-refractivity contribution in [1.29, 1.82) is 0 Å². The SMILES string of the molecule is CC1CN(Cc2cnn(-c3ccccc3)n2)CC(C)N1.Cl. The average Bonchev–Trinajstić information content (AvgIpc) is 2.87. The standard InChI is InChI=1S/C15H21N5.ClH/c1-12-9-19(10-13(2)17-12)11-14-8-16-20(18-14)15-6-4-3-5-7-15;/h3-8,12-13,17H,9-11H2,1-2H3;1H. The first-order valence-corrected chi connectivity index (χ1v) is 7.16. The fraction of sp³-hybridized carbons (Fsp3) is 0.467. The van der Waals surface area contributed by atoms with Crippen molar-refractivity contribution in [3.05, 3.63) is 42.2 Å². The quantitative estimate of drug-likeness (QED) is 0.940. The Morgan fingerprint density at radius 2 is 1.81 bits per heavy atom. The van der Waals surface area contributed by atoms with Crippen molar-refractivity contribution in [2.45, 2.75) is 32.5 Å². The third-order valence-corrected chi connectivity index (χ3v) is 3.55. The summed E-state index contributed by atoms with van der Waals surface area (Å²) in [5, 5.41) is 12.5. The molecule has 2 atom stereocenters. The normalized spacial score (nSPS) is 22.8. The number of halogens is 1. The molecule has 1 aromatic carbocycles. The van der Waals surface area contributed by atoms with Crippen molar-refractivity contribution in [1.82, 2.24) is 25.2 Å². The second-order valence-corrected chi connectivity index (χ2v) is 5.62. The average molecular weight is 308 g/mol. The smallest absolute Gasteiger partial charge is 0.0971 e. The molecule has 0 amide bonds. The van der Waals surface area contributed by atoms with Crippen LogP contribution < -0.4 is 5.32 Å². The maximum atomic E-state index is 4.57. The molecule has 1 N–H and O–H groups in total. The van der Waals surface area contributed by atoms with Gasteiger partial charge in [0, 0.05) is 31.7 Å². The first-order chi connectivity index (χ1) is 9.70. The Labute approximate surface area is 131 Å². The zero-order valence-electron chi connectivity index (χ0n) is 12.4. The molecule has 1 saturated heterocycles. The molecule has 1 aliphatic rings. The molecule has 2 heterocycles. The van der Waals surface area contributed by atoms with Gasteiger partial charge in [-0.05, 0) is 26.0 Å². The topological polar surface area (TPSA) is 46.0 Å². The van der Waals surface area contributed by atoms with Crippen molar-refractivity contribution < 1.29 is 0 Å². The molecule has 3 rings (SSSR count). The van der Waals surface area contributed by atoms with E-state index in [-0.39, 0.29) is 12.4 Å². The summed E-state index contributed by atoms with van der Waals surface area (Å²) < 4.78 is 0. The van der Waals surface area contributed by atoms with E-state index < -0.39 is 0 Å². The predicted molar refractivity (Wildman–Crippen MR) is 85.9 cm³/mol. The molecule has 0 aliphatic carbocycles. The highest BCUT2D eigenvalue weighted by atomic mass is 35.5. The van der Waals surface area contributed by atoms with Crippen molar-refractivity contribution in [3.63, 3.8) is 0 Å². The van der Waals surface area contributed by atoms with Gasteiger partial charge < -0.3 is 5.32 Å². The number of para-hydroxylation sites is 1. The van der Waals surface area contributed by atoms with Gasteiger partial charge in [-0.25, -0.2) is 0 Å². The van der Waals surface area contributed by atoms with Gasteiger partial charge >= 0.3 is 0 Å². The number of hydrogen-bond acceptors (Lipinski definition) is 4. The minimum atomic E-state index is 0. The molecular formula is C15H22ClN5. The Kier molecular flexibility index (Phi) is 5.33. The zero-order chi connectivity index (χ0) is 13.9. The van der Waals surface area contributed by atoms with Crippen LogP contribution in [0.25, 0.3) is 5.69 Å². The summed E-state index contributed by atoms with van der Waals surface area (Å²) in [6.45, 7) is 7.43. The molecule has 0 bridgehead atoms. The van der Waals surface area contributed by atoms with Crippen LogP contribution in [-0.2, 0) is 6.54 Å². The first kappa shape index (κ1) is 15.9. The Hall–Kier alpha value is -1.43. The van der Waals surface area contributed by atoms with Crippen LogP contribution in [0.3, 0.4) is 0 Å². The van der Waals surface area contributed by atoms with E-state index in [0.717, 1.165) is 31.0 Å². The number of benzene rings is 1. The summed E-state index contributed by atoms with van der Waals surface area (Å²) in [4.78, 5) is 4.13.